The van der Waals surface area contributed by atoms with E-state index in [0.717, 1.165) is 21.7 Å². The maximum atomic E-state index is 15.8. The molecular formula is C23H19FN5OS+. The van der Waals surface area contributed by atoms with Gasteiger partial charge in [-0.25, -0.2) is 9.37 Å². The Bertz CT molecular complexity index is 1340. The highest BCUT2D eigenvalue weighted by atomic mass is 32.1. The molecule has 0 bridgehead atoms. The molecule has 1 aliphatic carbocycles. The number of amidine groups is 1. The van der Waals surface area contributed by atoms with E-state index in [1.54, 1.807) is 36.0 Å². The Morgan fingerprint density at radius 1 is 1.16 bits per heavy atom. The van der Waals surface area contributed by atoms with Crippen LogP contribution < -0.4 is 5.84 Å². The lowest BCUT2D eigenvalue weighted by molar-refractivity contribution is -0.750. The second-order valence-corrected chi connectivity index (χ2v) is 9.00. The summed E-state index contributed by atoms with van der Waals surface area (Å²) in [6.07, 6.45) is 5.91. The second-order valence-electron chi connectivity index (χ2n) is 8.05. The first-order valence-electron chi connectivity index (χ1n) is 10.1. The van der Waals surface area contributed by atoms with E-state index in [0.29, 0.717) is 35.5 Å². The van der Waals surface area contributed by atoms with Crippen molar-refractivity contribution in [2.75, 3.05) is 0 Å². The van der Waals surface area contributed by atoms with Gasteiger partial charge in [-0.1, -0.05) is 18.2 Å². The van der Waals surface area contributed by atoms with Crippen molar-refractivity contribution in [1.29, 1.82) is 0 Å². The third-order valence-electron chi connectivity index (χ3n) is 6.14. The summed E-state index contributed by atoms with van der Waals surface area (Å²) in [5.74, 6) is 6.77. The van der Waals surface area contributed by atoms with Crippen LogP contribution in [0.4, 0.5) is 4.39 Å². The summed E-state index contributed by atoms with van der Waals surface area (Å²) in [5, 5.41) is 12.5. The van der Waals surface area contributed by atoms with E-state index in [2.05, 4.69) is 9.98 Å². The number of nitrogens with zero attached hydrogens (tertiary/aromatic N) is 4. The number of pyridine rings is 1. The van der Waals surface area contributed by atoms with Gasteiger partial charge in [0.25, 0.3) is 5.84 Å². The number of thiophene rings is 1. The molecule has 3 aromatic rings. The van der Waals surface area contributed by atoms with Crippen LogP contribution >= 0.6 is 11.3 Å². The molecule has 3 aliphatic rings. The van der Waals surface area contributed by atoms with E-state index >= 15 is 4.39 Å². The number of hydrogen-bond donors (Lipinski definition) is 2. The van der Waals surface area contributed by atoms with Gasteiger partial charge in [0, 0.05) is 11.3 Å². The summed E-state index contributed by atoms with van der Waals surface area (Å²) >= 11 is 1.56. The summed E-state index contributed by atoms with van der Waals surface area (Å²) in [6.45, 7) is 0. The molecule has 0 saturated heterocycles. The summed E-state index contributed by atoms with van der Waals surface area (Å²) in [6, 6.07) is 11.3. The highest BCUT2D eigenvalue weighted by molar-refractivity contribution is 7.13. The van der Waals surface area contributed by atoms with Crippen molar-refractivity contribution in [3.05, 3.63) is 77.0 Å². The monoisotopic (exact) mass is 432 g/mol. The number of allylic oxidation sites excluding steroid dienone is 2. The molecule has 3 N–H and O–H groups in total. The van der Waals surface area contributed by atoms with Crippen LogP contribution in [0.3, 0.4) is 0 Å². The number of aliphatic imine (C=N–C) groups is 2. The number of aliphatic hydroxyl groups excluding tert-OH is 1. The molecule has 0 spiro atoms. The Hall–Kier alpha value is -3.04. The van der Waals surface area contributed by atoms with Crippen molar-refractivity contribution < 1.29 is 14.1 Å². The van der Waals surface area contributed by atoms with Crippen molar-refractivity contribution in [3.63, 3.8) is 0 Å². The number of nitrogens with two attached hydrogens (primary N) is 1. The summed E-state index contributed by atoms with van der Waals surface area (Å²) in [5.41, 5.74) is 2.83. The second kappa shape index (κ2) is 6.73. The van der Waals surface area contributed by atoms with Crippen LogP contribution in [0.5, 0.6) is 0 Å². The molecule has 1 aromatic carbocycles. The maximum Gasteiger partial charge on any atom is 0.267 e. The van der Waals surface area contributed by atoms with Crippen molar-refractivity contribution in [2.24, 2.45) is 21.7 Å². The van der Waals surface area contributed by atoms with Crippen LogP contribution in [0.15, 0.2) is 75.6 Å². The normalized spacial score (nSPS) is 26.9. The lowest BCUT2D eigenvalue weighted by Crippen LogP contribution is -2.53. The zero-order chi connectivity index (χ0) is 21.2. The number of aromatic nitrogens is 1. The summed E-state index contributed by atoms with van der Waals surface area (Å²) in [4.78, 5) is 14.6. The maximum absolute atomic E-state index is 15.8. The van der Waals surface area contributed by atoms with Crippen LogP contribution in [0, 0.1) is 11.7 Å². The highest BCUT2D eigenvalue weighted by Gasteiger charge is 2.48. The first kappa shape index (κ1) is 18.7. The Morgan fingerprint density at radius 2 is 2.00 bits per heavy atom. The van der Waals surface area contributed by atoms with Crippen LogP contribution in [-0.2, 0) is 0 Å². The van der Waals surface area contributed by atoms with Crippen LogP contribution in [0.2, 0.25) is 0 Å². The standard InChI is InChI=1S/C23H19FN5OS/c24-20-16(5-3-13-4-6-17(27-22(13)20)19-2-1-9-31-19)23-28-21(14-10-15(30)11-14)18-12-26-7-8-29(18,23)25/h1-9,12,14-15,30H,10-11,25H2/q+1. The topological polar surface area (TPSA) is 83.9 Å². The van der Waals surface area contributed by atoms with Gasteiger partial charge >= 0.3 is 0 Å². The van der Waals surface area contributed by atoms with E-state index in [9.17, 15) is 5.11 Å². The molecule has 0 radical (unpaired) electrons. The first-order chi connectivity index (χ1) is 15.0. The van der Waals surface area contributed by atoms with Crippen molar-refractivity contribution in [3.8, 4) is 10.6 Å². The first-order valence-corrected chi connectivity index (χ1v) is 11.0. The average Bonchev–Trinajstić information content (AvgIpc) is 3.38. The lowest BCUT2D eigenvalue weighted by atomic mass is 9.79. The molecule has 6 rings (SSSR count). The van der Waals surface area contributed by atoms with Crippen molar-refractivity contribution in [1.82, 2.24) is 4.98 Å². The molecule has 31 heavy (non-hydrogen) atoms. The van der Waals surface area contributed by atoms with Gasteiger partial charge in [-0.05, 0) is 36.4 Å². The smallest absolute Gasteiger partial charge is 0.267 e. The molecule has 6 nitrogen and oxygen atoms in total. The number of rotatable bonds is 3. The minimum absolute atomic E-state index is 0.0913. The Morgan fingerprint density at radius 3 is 2.77 bits per heavy atom. The van der Waals surface area contributed by atoms with Gasteiger partial charge in [-0.15, -0.1) is 15.9 Å². The minimum atomic E-state index is -0.442. The van der Waals surface area contributed by atoms with E-state index in [1.807, 2.05) is 35.7 Å². The van der Waals surface area contributed by atoms with Gasteiger partial charge in [0.2, 0.25) is 5.70 Å². The Labute approximate surface area is 181 Å². The number of fused-ring (bicyclic) bond motifs is 2. The molecule has 1 atom stereocenters. The summed E-state index contributed by atoms with van der Waals surface area (Å²) < 4.78 is 15.6. The van der Waals surface area contributed by atoms with Crippen molar-refractivity contribution in [2.45, 2.75) is 18.9 Å². The molecule has 8 heteroatoms. The molecule has 1 fully saturated rings. The van der Waals surface area contributed by atoms with Crippen molar-refractivity contribution >= 4 is 34.3 Å². The molecule has 0 amide bonds. The van der Waals surface area contributed by atoms with E-state index in [-0.39, 0.29) is 16.6 Å². The fourth-order valence-electron chi connectivity index (χ4n) is 4.39. The zero-order valence-electron chi connectivity index (χ0n) is 16.4. The van der Waals surface area contributed by atoms with Gasteiger partial charge in [0.15, 0.2) is 5.82 Å². The van der Waals surface area contributed by atoms with Crippen LogP contribution in [-0.4, -0.2) is 32.8 Å². The molecule has 154 valence electrons. The Balaban J connectivity index is 1.50. The SMILES string of the molecule is N[N+]12C=CN=CC1=C(C1CC(O)C1)N=C2c1ccc2ccc(-c3cccs3)nc2c1F. The molecule has 2 aromatic heterocycles. The number of halogens is 1. The number of aliphatic hydroxyl groups is 1. The largest absolute Gasteiger partial charge is 0.393 e. The quantitative estimate of drug-likeness (QED) is 0.483. The predicted molar refractivity (Wildman–Crippen MR) is 119 cm³/mol. The van der Waals surface area contributed by atoms with Gasteiger partial charge in [-0.2, -0.15) is 10.8 Å². The fourth-order valence-corrected chi connectivity index (χ4v) is 5.08. The number of hydrogen-bond acceptors (Lipinski definition) is 6. The molecule has 1 unspecified atom stereocenters. The number of benzene rings is 1. The van der Waals surface area contributed by atoms with Crippen LogP contribution in [0.25, 0.3) is 21.5 Å². The fraction of sp³-hybridized carbons (Fsp3) is 0.174. The molecule has 4 heterocycles. The van der Waals surface area contributed by atoms with Gasteiger partial charge in [0.1, 0.15) is 17.4 Å². The summed E-state index contributed by atoms with van der Waals surface area (Å²) in [7, 11) is 0. The number of quaternary nitrogens is 1. The van der Waals surface area contributed by atoms with Gasteiger partial charge < -0.3 is 5.11 Å². The van der Waals surface area contributed by atoms with Gasteiger partial charge in [0.05, 0.1) is 34.7 Å². The molecule has 2 aliphatic heterocycles. The highest BCUT2D eigenvalue weighted by Crippen LogP contribution is 2.42. The Kier molecular flexibility index (Phi) is 4.06. The van der Waals surface area contributed by atoms with E-state index < -0.39 is 5.82 Å². The third-order valence-corrected chi connectivity index (χ3v) is 7.03. The van der Waals surface area contributed by atoms with Gasteiger partial charge in [-0.3, -0.25) is 4.99 Å². The third kappa shape index (κ3) is 2.76. The minimum Gasteiger partial charge on any atom is -0.393 e. The molecular weight excluding hydrogens is 413 g/mol. The average molecular weight is 433 g/mol. The zero-order valence-corrected chi connectivity index (χ0v) is 17.3. The molecule has 1 saturated carbocycles. The predicted octanol–water partition coefficient (Wildman–Crippen LogP) is 4.09. The van der Waals surface area contributed by atoms with E-state index in [4.69, 9.17) is 10.8 Å². The van der Waals surface area contributed by atoms with Crippen LogP contribution in [0.1, 0.15) is 18.4 Å². The lowest BCUT2D eigenvalue weighted by Gasteiger charge is -2.31. The van der Waals surface area contributed by atoms with E-state index in [1.165, 1.54) is 0 Å².